The maximum absolute atomic E-state index is 5.69. The number of nitrogens with one attached hydrogen (secondary N) is 2. The highest BCUT2D eigenvalue weighted by molar-refractivity contribution is 14.0. The molecule has 1 aromatic rings. The molecule has 162 valence electrons. The zero-order chi connectivity index (χ0) is 19.5. The van der Waals surface area contributed by atoms with Gasteiger partial charge in [0.05, 0.1) is 32.1 Å². The average Bonchev–Trinajstić information content (AvgIpc) is 3.24. The molecular formula is C20H38IN5O2. The van der Waals surface area contributed by atoms with Crippen LogP contribution < -0.4 is 10.6 Å². The highest BCUT2D eigenvalue weighted by Crippen LogP contribution is 2.20. The summed E-state index contributed by atoms with van der Waals surface area (Å²) in [4.78, 5) is 9.65. The fourth-order valence-electron chi connectivity index (χ4n) is 3.45. The summed E-state index contributed by atoms with van der Waals surface area (Å²) in [6, 6.07) is 4.60. The van der Waals surface area contributed by atoms with Gasteiger partial charge < -0.3 is 19.8 Å². The summed E-state index contributed by atoms with van der Waals surface area (Å²) in [5.74, 6) is 1.85. The summed E-state index contributed by atoms with van der Waals surface area (Å²) in [6.45, 7) is 16.6. The maximum Gasteiger partial charge on any atom is 0.191 e. The molecule has 2 heterocycles. The van der Waals surface area contributed by atoms with Crippen LogP contribution in [-0.2, 0) is 4.74 Å². The van der Waals surface area contributed by atoms with Gasteiger partial charge in [0, 0.05) is 32.2 Å². The number of morpholine rings is 1. The van der Waals surface area contributed by atoms with Crippen LogP contribution in [0.25, 0.3) is 0 Å². The molecule has 8 heteroatoms. The first-order valence-corrected chi connectivity index (χ1v) is 10.3. The fraction of sp³-hybridized carbons (Fsp3) is 0.750. The second-order valence-electron chi connectivity index (χ2n) is 6.85. The Morgan fingerprint density at radius 2 is 1.93 bits per heavy atom. The first kappa shape index (κ1) is 25.2. The number of rotatable bonds is 10. The molecule has 0 radical (unpaired) electrons. The quantitative estimate of drug-likeness (QED) is 0.289. The minimum atomic E-state index is 0. The zero-order valence-corrected chi connectivity index (χ0v) is 20.1. The van der Waals surface area contributed by atoms with Gasteiger partial charge in [-0.05, 0) is 39.1 Å². The van der Waals surface area contributed by atoms with Crippen LogP contribution in [0.3, 0.4) is 0 Å². The van der Waals surface area contributed by atoms with Crippen LogP contribution >= 0.6 is 24.0 Å². The van der Waals surface area contributed by atoms with Crippen molar-refractivity contribution in [2.45, 2.75) is 39.8 Å². The number of nitrogens with zero attached hydrogens (tertiary/aromatic N) is 3. The number of hydrogen-bond donors (Lipinski definition) is 2. The van der Waals surface area contributed by atoms with Gasteiger partial charge in [-0.3, -0.25) is 14.8 Å². The van der Waals surface area contributed by atoms with E-state index >= 15 is 0 Å². The van der Waals surface area contributed by atoms with Gasteiger partial charge >= 0.3 is 0 Å². The molecule has 2 rings (SSSR count). The SMILES string of the molecule is CCNC(=NCC(C)N1CCOCC1)NCC(c1ccco1)N(CC)CC.I. The number of aliphatic imine (C=N–C) groups is 1. The van der Waals surface area contributed by atoms with Gasteiger partial charge in [-0.1, -0.05) is 13.8 Å². The third kappa shape index (κ3) is 7.88. The van der Waals surface area contributed by atoms with Crippen LogP contribution in [0.1, 0.15) is 39.5 Å². The zero-order valence-electron chi connectivity index (χ0n) is 17.8. The molecular weight excluding hydrogens is 469 g/mol. The smallest absolute Gasteiger partial charge is 0.191 e. The molecule has 28 heavy (non-hydrogen) atoms. The van der Waals surface area contributed by atoms with Crippen molar-refractivity contribution in [3.8, 4) is 0 Å². The highest BCUT2D eigenvalue weighted by Gasteiger charge is 2.21. The van der Waals surface area contributed by atoms with E-state index in [4.69, 9.17) is 14.1 Å². The van der Waals surface area contributed by atoms with Crippen molar-refractivity contribution in [1.29, 1.82) is 0 Å². The standard InChI is InChI=1S/C20H37N5O2.HI/c1-5-21-20(22-15-17(4)25-10-13-26-14-11-25)23-16-18(24(6-2)7-3)19-9-8-12-27-19;/h8-9,12,17-18H,5-7,10-11,13-16H2,1-4H3,(H2,21,22,23);1H. The number of ether oxygens (including phenoxy) is 1. The first-order chi connectivity index (χ1) is 13.2. The molecule has 7 nitrogen and oxygen atoms in total. The van der Waals surface area contributed by atoms with E-state index in [9.17, 15) is 0 Å². The van der Waals surface area contributed by atoms with Gasteiger partial charge in [-0.2, -0.15) is 0 Å². The van der Waals surface area contributed by atoms with Crippen molar-refractivity contribution in [3.05, 3.63) is 24.2 Å². The molecule has 2 N–H and O–H groups in total. The third-order valence-corrected chi connectivity index (χ3v) is 5.11. The van der Waals surface area contributed by atoms with Crippen molar-refractivity contribution in [2.75, 3.05) is 59.0 Å². The number of likely N-dealkylation sites (N-methyl/N-ethyl adjacent to an activating group) is 1. The van der Waals surface area contributed by atoms with E-state index in [0.717, 1.165) is 70.7 Å². The lowest BCUT2D eigenvalue weighted by Crippen LogP contribution is -2.45. The normalized spacial score (nSPS) is 17.8. The van der Waals surface area contributed by atoms with E-state index < -0.39 is 0 Å². The molecule has 2 unspecified atom stereocenters. The van der Waals surface area contributed by atoms with Crippen molar-refractivity contribution in [2.24, 2.45) is 4.99 Å². The lowest BCUT2D eigenvalue weighted by Gasteiger charge is -2.31. The van der Waals surface area contributed by atoms with Crippen LogP contribution in [-0.4, -0.2) is 80.8 Å². The monoisotopic (exact) mass is 507 g/mol. The average molecular weight is 507 g/mol. The van der Waals surface area contributed by atoms with Crippen molar-refractivity contribution in [3.63, 3.8) is 0 Å². The van der Waals surface area contributed by atoms with E-state index in [-0.39, 0.29) is 30.0 Å². The molecule has 0 spiro atoms. The Morgan fingerprint density at radius 3 is 2.50 bits per heavy atom. The lowest BCUT2D eigenvalue weighted by atomic mass is 10.2. The first-order valence-electron chi connectivity index (χ1n) is 10.3. The van der Waals surface area contributed by atoms with Crippen LogP contribution in [0, 0.1) is 0 Å². The maximum atomic E-state index is 5.69. The second-order valence-corrected chi connectivity index (χ2v) is 6.85. The Labute approximate surface area is 187 Å². The predicted molar refractivity (Wildman–Crippen MR) is 126 cm³/mol. The van der Waals surface area contributed by atoms with Gasteiger partial charge in [0.25, 0.3) is 0 Å². The molecule has 0 aromatic carbocycles. The van der Waals surface area contributed by atoms with Gasteiger partial charge in [-0.15, -0.1) is 24.0 Å². The van der Waals surface area contributed by atoms with Crippen molar-refractivity contribution < 1.29 is 9.15 Å². The van der Waals surface area contributed by atoms with Crippen molar-refractivity contribution in [1.82, 2.24) is 20.4 Å². The molecule has 0 saturated carbocycles. The summed E-state index contributed by atoms with van der Waals surface area (Å²) < 4.78 is 11.1. The van der Waals surface area contributed by atoms with Gasteiger partial charge in [-0.25, -0.2) is 0 Å². The largest absolute Gasteiger partial charge is 0.468 e. The van der Waals surface area contributed by atoms with Crippen LogP contribution in [0.5, 0.6) is 0 Å². The molecule has 1 fully saturated rings. The summed E-state index contributed by atoms with van der Waals surface area (Å²) in [5.41, 5.74) is 0. The van der Waals surface area contributed by atoms with E-state index in [1.165, 1.54) is 0 Å². The van der Waals surface area contributed by atoms with E-state index in [1.807, 2.05) is 6.07 Å². The molecule has 1 aliphatic rings. The molecule has 0 amide bonds. The van der Waals surface area contributed by atoms with Crippen LogP contribution in [0.4, 0.5) is 0 Å². The summed E-state index contributed by atoms with van der Waals surface area (Å²) in [7, 11) is 0. The number of hydrogen-bond acceptors (Lipinski definition) is 5. The van der Waals surface area contributed by atoms with Gasteiger partial charge in [0.2, 0.25) is 0 Å². The molecule has 1 aliphatic heterocycles. The Morgan fingerprint density at radius 1 is 1.21 bits per heavy atom. The summed E-state index contributed by atoms with van der Waals surface area (Å²) in [6.07, 6.45) is 1.75. The fourth-order valence-corrected chi connectivity index (χ4v) is 3.45. The molecule has 2 atom stereocenters. The van der Waals surface area contributed by atoms with Crippen LogP contribution in [0.15, 0.2) is 27.8 Å². The van der Waals surface area contributed by atoms with E-state index in [2.05, 4.69) is 54.2 Å². The lowest BCUT2D eigenvalue weighted by molar-refractivity contribution is 0.0220. The minimum Gasteiger partial charge on any atom is -0.468 e. The van der Waals surface area contributed by atoms with Gasteiger partial charge in [0.1, 0.15) is 5.76 Å². The van der Waals surface area contributed by atoms with Gasteiger partial charge in [0.15, 0.2) is 5.96 Å². The van der Waals surface area contributed by atoms with Crippen LogP contribution in [0.2, 0.25) is 0 Å². The number of furan rings is 1. The molecule has 0 aliphatic carbocycles. The topological polar surface area (TPSA) is 65.3 Å². The summed E-state index contributed by atoms with van der Waals surface area (Å²) >= 11 is 0. The predicted octanol–water partition coefficient (Wildman–Crippen LogP) is 2.56. The second kappa shape index (κ2) is 14.2. The third-order valence-electron chi connectivity index (χ3n) is 5.11. The molecule has 1 saturated heterocycles. The van der Waals surface area contributed by atoms with E-state index in [1.54, 1.807) is 6.26 Å². The highest BCUT2D eigenvalue weighted by atomic mass is 127. The minimum absolute atomic E-state index is 0. The Kier molecular flexibility index (Phi) is 12.8. The Balaban J connectivity index is 0.00000392. The summed E-state index contributed by atoms with van der Waals surface area (Å²) in [5, 5.41) is 6.87. The Bertz CT molecular complexity index is 531. The Hall–Kier alpha value is -0.840. The number of guanidine groups is 1. The molecule has 0 bridgehead atoms. The molecule has 1 aromatic heterocycles. The number of halogens is 1. The van der Waals surface area contributed by atoms with E-state index in [0.29, 0.717) is 6.04 Å². The van der Waals surface area contributed by atoms with Crippen molar-refractivity contribution >= 4 is 29.9 Å².